The Morgan fingerprint density at radius 3 is 2.57 bits per heavy atom. The zero-order chi connectivity index (χ0) is 14.8. The Hall–Kier alpha value is -2.43. The lowest BCUT2D eigenvalue weighted by Crippen LogP contribution is -2.16. The van der Waals surface area contributed by atoms with Crippen molar-refractivity contribution in [3.63, 3.8) is 0 Å². The third kappa shape index (κ3) is 3.56. The Balaban J connectivity index is 1.74. The summed E-state index contributed by atoms with van der Waals surface area (Å²) in [6.07, 6.45) is 3.89. The molecule has 0 spiro atoms. The van der Waals surface area contributed by atoms with Gasteiger partial charge in [-0.15, -0.1) is 0 Å². The van der Waals surface area contributed by atoms with E-state index in [1.807, 2.05) is 26.0 Å². The number of carbonyl (C=O) groups excluding carboxylic acids is 1. The monoisotopic (exact) mass is 282 g/mol. The van der Waals surface area contributed by atoms with E-state index >= 15 is 0 Å². The molecule has 1 aliphatic rings. The van der Waals surface area contributed by atoms with Crippen LogP contribution >= 0.6 is 0 Å². The van der Waals surface area contributed by atoms with Gasteiger partial charge < -0.3 is 10.6 Å². The van der Waals surface area contributed by atoms with E-state index in [-0.39, 0.29) is 5.91 Å². The second-order valence-electron chi connectivity index (χ2n) is 5.51. The van der Waals surface area contributed by atoms with Crippen molar-refractivity contribution in [3.05, 3.63) is 47.3 Å². The molecule has 0 aliphatic heterocycles. The first-order chi connectivity index (χ1) is 10.1. The third-order valence-electron chi connectivity index (χ3n) is 3.28. The number of nitrogens with one attached hydrogen (secondary N) is 2. The van der Waals surface area contributed by atoms with Crippen LogP contribution in [-0.4, -0.2) is 21.9 Å². The summed E-state index contributed by atoms with van der Waals surface area (Å²) < 4.78 is 0. The number of amides is 1. The van der Waals surface area contributed by atoms with Crippen molar-refractivity contribution >= 4 is 17.5 Å². The molecule has 1 aromatic carbocycles. The number of carbonyl (C=O) groups is 1. The largest absolute Gasteiger partial charge is 0.351 e. The maximum absolute atomic E-state index is 12.3. The Morgan fingerprint density at radius 2 is 1.90 bits per heavy atom. The van der Waals surface area contributed by atoms with Gasteiger partial charge in [0.25, 0.3) is 5.91 Å². The van der Waals surface area contributed by atoms with E-state index in [4.69, 9.17) is 0 Å². The van der Waals surface area contributed by atoms with Gasteiger partial charge in [-0.1, -0.05) is 6.07 Å². The molecule has 3 rings (SSSR count). The lowest BCUT2D eigenvalue weighted by Gasteiger charge is -2.08. The standard InChI is InChI=1S/C16H18N4O/c1-10-7-11(2)9-13(8-10)18-15(21)14-5-6-17-16(20-14)19-12-3-4-12/h5-9,12H,3-4H2,1-2H3,(H,18,21)(H,17,19,20). The van der Waals surface area contributed by atoms with Crippen LogP contribution in [0.2, 0.25) is 0 Å². The average Bonchev–Trinajstić information content (AvgIpc) is 3.21. The van der Waals surface area contributed by atoms with Crippen molar-refractivity contribution in [1.29, 1.82) is 0 Å². The van der Waals surface area contributed by atoms with E-state index in [9.17, 15) is 4.79 Å². The summed E-state index contributed by atoms with van der Waals surface area (Å²) >= 11 is 0. The SMILES string of the molecule is Cc1cc(C)cc(NC(=O)c2ccnc(NC3CC3)n2)c1. The van der Waals surface area contributed by atoms with Crippen LogP contribution in [0.4, 0.5) is 11.6 Å². The predicted molar refractivity (Wildman–Crippen MR) is 82.5 cm³/mol. The molecule has 1 aromatic heterocycles. The van der Waals surface area contributed by atoms with Gasteiger partial charge in [-0.3, -0.25) is 4.79 Å². The van der Waals surface area contributed by atoms with Gasteiger partial charge in [0.05, 0.1) is 0 Å². The number of anilines is 2. The highest BCUT2D eigenvalue weighted by Gasteiger charge is 2.22. The fourth-order valence-electron chi connectivity index (χ4n) is 2.21. The van der Waals surface area contributed by atoms with Gasteiger partial charge in [0.2, 0.25) is 5.95 Å². The van der Waals surface area contributed by atoms with Crippen molar-refractivity contribution in [2.75, 3.05) is 10.6 Å². The fraction of sp³-hybridized carbons (Fsp3) is 0.312. The summed E-state index contributed by atoms with van der Waals surface area (Å²) in [5.41, 5.74) is 3.38. The molecular formula is C16H18N4O. The zero-order valence-electron chi connectivity index (χ0n) is 12.2. The molecule has 0 saturated heterocycles. The number of hydrogen-bond acceptors (Lipinski definition) is 4. The van der Waals surface area contributed by atoms with Crippen LogP contribution in [0.15, 0.2) is 30.5 Å². The number of aryl methyl sites for hydroxylation is 2. The molecule has 108 valence electrons. The quantitative estimate of drug-likeness (QED) is 0.904. The van der Waals surface area contributed by atoms with Crippen molar-refractivity contribution in [2.45, 2.75) is 32.7 Å². The summed E-state index contributed by atoms with van der Waals surface area (Å²) in [5, 5.41) is 6.07. The second kappa shape index (κ2) is 5.52. The molecule has 1 saturated carbocycles. The highest BCUT2D eigenvalue weighted by molar-refractivity contribution is 6.03. The summed E-state index contributed by atoms with van der Waals surface area (Å²) in [4.78, 5) is 20.7. The molecule has 1 aliphatic carbocycles. The molecule has 0 radical (unpaired) electrons. The van der Waals surface area contributed by atoms with Crippen LogP contribution < -0.4 is 10.6 Å². The third-order valence-corrected chi connectivity index (χ3v) is 3.28. The van der Waals surface area contributed by atoms with Gasteiger partial charge in [0.15, 0.2) is 0 Å². The maximum atomic E-state index is 12.3. The summed E-state index contributed by atoms with van der Waals surface area (Å²) in [7, 11) is 0. The molecule has 2 aromatic rings. The first kappa shape index (κ1) is 13.5. The molecule has 5 heteroatoms. The molecule has 1 fully saturated rings. The lowest BCUT2D eigenvalue weighted by molar-refractivity contribution is 0.102. The van der Waals surface area contributed by atoms with Crippen LogP contribution in [0.1, 0.15) is 34.5 Å². The minimum Gasteiger partial charge on any atom is -0.351 e. The minimum absolute atomic E-state index is 0.221. The van der Waals surface area contributed by atoms with Gasteiger partial charge >= 0.3 is 0 Å². The van der Waals surface area contributed by atoms with Gasteiger partial charge in [0, 0.05) is 17.9 Å². The summed E-state index contributed by atoms with van der Waals surface area (Å²) in [6.45, 7) is 4.01. The van der Waals surface area contributed by atoms with E-state index in [1.165, 1.54) is 0 Å². The van der Waals surface area contributed by atoms with Gasteiger partial charge in [-0.05, 0) is 56.0 Å². The van der Waals surface area contributed by atoms with E-state index < -0.39 is 0 Å². The van der Waals surface area contributed by atoms with E-state index in [1.54, 1.807) is 12.3 Å². The van der Waals surface area contributed by atoms with E-state index in [0.717, 1.165) is 29.7 Å². The minimum atomic E-state index is -0.221. The maximum Gasteiger partial charge on any atom is 0.274 e. The molecule has 2 N–H and O–H groups in total. The lowest BCUT2D eigenvalue weighted by atomic mass is 10.1. The summed E-state index contributed by atoms with van der Waals surface area (Å²) in [5.74, 6) is 0.298. The van der Waals surface area contributed by atoms with Crippen LogP contribution in [-0.2, 0) is 0 Å². The Labute approximate surface area is 123 Å². The van der Waals surface area contributed by atoms with Crippen molar-refractivity contribution in [3.8, 4) is 0 Å². The fourth-order valence-corrected chi connectivity index (χ4v) is 2.21. The average molecular weight is 282 g/mol. The Kier molecular flexibility index (Phi) is 3.56. The van der Waals surface area contributed by atoms with Crippen LogP contribution in [0.3, 0.4) is 0 Å². The van der Waals surface area contributed by atoms with Crippen molar-refractivity contribution < 1.29 is 4.79 Å². The van der Waals surface area contributed by atoms with Crippen LogP contribution in [0.25, 0.3) is 0 Å². The highest BCUT2D eigenvalue weighted by atomic mass is 16.1. The molecular weight excluding hydrogens is 264 g/mol. The van der Waals surface area contributed by atoms with Crippen LogP contribution in [0.5, 0.6) is 0 Å². The predicted octanol–water partition coefficient (Wildman–Crippen LogP) is 2.92. The highest BCUT2D eigenvalue weighted by Crippen LogP contribution is 2.22. The molecule has 0 atom stereocenters. The first-order valence-electron chi connectivity index (χ1n) is 7.09. The number of benzene rings is 1. The molecule has 21 heavy (non-hydrogen) atoms. The van der Waals surface area contributed by atoms with Gasteiger partial charge in [-0.2, -0.15) is 0 Å². The number of rotatable bonds is 4. The summed E-state index contributed by atoms with van der Waals surface area (Å²) in [6, 6.07) is 8.03. The second-order valence-corrected chi connectivity index (χ2v) is 5.51. The van der Waals surface area contributed by atoms with Crippen molar-refractivity contribution in [1.82, 2.24) is 9.97 Å². The molecule has 1 heterocycles. The zero-order valence-corrected chi connectivity index (χ0v) is 12.2. The topological polar surface area (TPSA) is 66.9 Å². The Bertz CT molecular complexity index is 659. The number of aromatic nitrogens is 2. The number of hydrogen-bond donors (Lipinski definition) is 2. The van der Waals surface area contributed by atoms with Gasteiger partial charge in [0.1, 0.15) is 5.69 Å². The van der Waals surface area contributed by atoms with E-state index in [2.05, 4.69) is 26.7 Å². The molecule has 5 nitrogen and oxygen atoms in total. The first-order valence-corrected chi connectivity index (χ1v) is 7.09. The Morgan fingerprint density at radius 1 is 1.19 bits per heavy atom. The smallest absolute Gasteiger partial charge is 0.274 e. The van der Waals surface area contributed by atoms with E-state index in [0.29, 0.717) is 17.7 Å². The van der Waals surface area contributed by atoms with Crippen molar-refractivity contribution in [2.24, 2.45) is 0 Å². The molecule has 0 bridgehead atoms. The number of nitrogens with zero attached hydrogens (tertiary/aromatic N) is 2. The van der Waals surface area contributed by atoms with Gasteiger partial charge in [-0.25, -0.2) is 9.97 Å². The van der Waals surface area contributed by atoms with Crippen LogP contribution in [0, 0.1) is 13.8 Å². The molecule has 0 unspecified atom stereocenters. The normalized spacial score (nSPS) is 13.8. The molecule has 1 amide bonds.